The van der Waals surface area contributed by atoms with E-state index >= 15 is 0 Å². The van der Waals surface area contributed by atoms with Gasteiger partial charge in [-0.25, -0.2) is 4.98 Å². The number of piperidine rings is 1. The number of Topliss-reactive ketones (excluding diaryl/α,β-unsaturated/α-hetero) is 1. The molecule has 0 unspecified atom stereocenters. The molecule has 2 aromatic rings. The second kappa shape index (κ2) is 7.67. The summed E-state index contributed by atoms with van der Waals surface area (Å²) in [6.07, 6.45) is 3.37. The quantitative estimate of drug-likeness (QED) is 0.832. The Morgan fingerprint density at radius 2 is 2.03 bits per heavy atom. The summed E-state index contributed by atoms with van der Waals surface area (Å²) in [4.78, 5) is 46.1. The lowest BCUT2D eigenvalue weighted by Gasteiger charge is -2.43. The van der Waals surface area contributed by atoms with Gasteiger partial charge >= 0.3 is 0 Å². The van der Waals surface area contributed by atoms with Gasteiger partial charge in [0.25, 0.3) is 11.5 Å². The van der Waals surface area contributed by atoms with Crippen LogP contribution in [0.15, 0.2) is 29.1 Å². The number of carbonyl (C=O) groups is 2. The molecule has 0 bridgehead atoms. The molecule has 0 aliphatic carbocycles. The van der Waals surface area contributed by atoms with Crippen LogP contribution in [0.2, 0.25) is 0 Å². The maximum atomic E-state index is 12.9. The molecule has 1 fully saturated rings. The SMILES string of the molecule is CSCc1nc(C(=O)N2CCC3(CC2)CC(=O)c2cc(C)ccc2O3)cc(=O)[nH]1. The molecule has 1 spiro atoms. The van der Waals surface area contributed by atoms with Crippen molar-refractivity contribution in [3.8, 4) is 5.75 Å². The molecule has 1 aromatic heterocycles. The molecule has 1 aromatic carbocycles. The molecule has 8 heteroatoms. The summed E-state index contributed by atoms with van der Waals surface area (Å²) in [5.74, 6) is 1.49. The Labute approximate surface area is 172 Å². The molecule has 0 atom stereocenters. The van der Waals surface area contributed by atoms with Gasteiger partial charge < -0.3 is 14.6 Å². The zero-order valence-electron chi connectivity index (χ0n) is 16.5. The van der Waals surface area contributed by atoms with Crippen LogP contribution in [0.3, 0.4) is 0 Å². The number of aryl methyl sites for hydroxylation is 1. The first kappa shape index (κ1) is 19.7. The molecule has 0 radical (unpaired) electrons. The number of benzene rings is 1. The molecule has 1 N–H and O–H groups in total. The Kier molecular flexibility index (Phi) is 5.21. The van der Waals surface area contributed by atoms with E-state index in [1.807, 2.05) is 31.4 Å². The van der Waals surface area contributed by atoms with E-state index < -0.39 is 5.60 Å². The van der Waals surface area contributed by atoms with E-state index in [9.17, 15) is 14.4 Å². The second-order valence-electron chi connectivity index (χ2n) is 7.69. The van der Waals surface area contributed by atoms with Crippen LogP contribution in [0.1, 0.15) is 51.5 Å². The van der Waals surface area contributed by atoms with E-state index in [0.717, 1.165) is 5.56 Å². The molecular weight excluding hydrogens is 390 g/mol. The van der Waals surface area contributed by atoms with Crippen molar-refractivity contribution in [3.63, 3.8) is 0 Å². The Morgan fingerprint density at radius 1 is 1.28 bits per heavy atom. The summed E-state index contributed by atoms with van der Waals surface area (Å²) in [6, 6.07) is 6.91. The van der Waals surface area contributed by atoms with Crippen molar-refractivity contribution in [2.75, 3.05) is 19.3 Å². The number of nitrogens with one attached hydrogen (secondary N) is 1. The summed E-state index contributed by atoms with van der Waals surface area (Å²) in [5, 5.41) is 0. The van der Waals surface area contributed by atoms with Crippen LogP contribution in [0.25, 0.3) is 0 Å². The predicted molar refractivity (Wildman–Crippen MR) is 111 cm³/mol. The number of likely N-dealkylation sites (tertiary alicyclic amines) is 1. The molecule has 2 aliphatic heterocycles. The van der Waals surface area contributed by atoms with Crippen LogP contribution in [-0.4, -0.2) is 51.5 Å². The maximum Gasteiger partial charge on any atom is 0.272 e. The molecule has 4 rings (SSSR count). The normalized spacial score (nSPS) is 17.7. The van der Waals surface area contributed by atoms with Crippen molar-refractivity contribution >= 4 is 23.5 Å². The molecule has 152 valence electrons. The summed E-state index contributed by atoms with van der Waals surface area (Å²) < 4.78 is 6.26. The first-order valence-electron chi connectivity index (χ1n) is 9.60. The van der Waals surface area contributed by atoms with Crippen LogP contribution in [0.5, 0.6) is 5.75 Å². The van der Waals surface area contributed by atoms with Crippen LogP contribution in [0.4, 0.5) is 0 Å². The first-order valence-corrected chi connectivity index (χ1v) is 11.0. The lowest BCUT2D eigenvalue weighted by Crippen LogP contribution is -2.52. The second-order valence-corrected chi connectivity index (χ2v) is 8.55. The summed E-state index contributed by atoms with van der Waals surface area (Å²) in [5.41, 5.74) is 0.942. The van der Waals surface area contributed by atoms with Crippen molar-refractivity contribution in [1.29, 1.82) is 0 Å². The van der Waals surface area contributed by atoms with E-state index in [1.165, 1.54) is 17.8 Å². The van der Waals surface area contributed by atoms with Gasteiger partial charge in [-0.15, -0.1) is 0 Å². The topological polar surface area (TPSA) is 92.4 Å². The number of nitrogens with zero attached hydrogens (tertiary/aromatic N) is 2. The number of aromatic amines is 1. The van der Waals surface area contributed by atoms with Gasteiger partial charge in [-0.05, 0) is 25.3 Å². The van der Waals surface area contributed by atoms with E-state index in [4.69, 9.17) is 4.74 Å². The van der Waals surface area contributed by atoms with Crippen molar-refractivity contribution in [2.24, 2.45) is 0 Å². The van der Waals surface area contributed by atoms with Crippen LogP contribution < -0.4 is 10.3 Å². The van der Waals surface area contributed by atoms with Crippen molar-refractivity contribution in [3.05, 3.63) is 57.3 Å². The summed E-state index contributed by atoms with van der Waals surface area (Å²) in [6.45, 7) is 2.87. The monoisotopic (exact) mass is 413 g/mol. The lowest BCUT2D eigenvalue weighted by atomic mass is 9.82. The summed E-state index contributed by atoms with van der Waals surface area (Å²) in [7, 11) is 0. The van der Waals surface area contributed by atoms with E-state index in [1.54, 1.807) is 4.90 Å². The largest absolute Gasteiger partial charge is 0.486 e. The molecular formula is C21H23N3O4S. The van der Waals surface area contributed by atoms with Crippen molar-refractivity contribution < 1.29 is 14.3 Å². The third-order valence-electron chi connectivity index (χ3n) is 5.50. The van der Waals surface area contributed by atoms with E-state index in [-0.39, 0.29) is 22.9 Å². The van der Waals surface area contributed by atoms with E-state index in [0.29, 0.717) is 55.2 Å². The minimum Gasteiger partial charge on any atom is -0.486 e. The highest BCUT2D eigenvalue weighted by Gasteiger charge is 2.43. The minimum atomic E-state index is -0.568. The molecule has 2 aliphatic rings. The lowest BCUT2D eigenvalue weighted by molar-refractivity contribution is -0.00588. The molecule has 3 heterocycles. The van der Waals surface area contributed by atoms with Gasteiger partial charge in [0.15, 0.2) is 5.78 Å². The maximum absolute atomic E-state index is 12.9. The third-order valence-corrected chi connectivity index (χ3v) is 6.06. The molecule has 0 saturated carbocycles. The number of amides is 1. The zero-order chi connectivity index (χ0) is 20.6. The Hall–Kier alpha value is -2.61. The Balaban J connectivity index is 1.48. The van der Waals surface area contributed by atoms with Gasteiger partial charge in [-0.2, -0.15) is 11.8 Å². The number of ketones is 1. The van der Waals surface area contributed by atoms with Gasteiger partial charge in [0.1, 0.15) is 22.9 Å². The highest BCUT2D eigenvalue weighted by atomic mass is 32.2. The smallest absolute Gasteiger partial charge is 0.272 e. The average Bonchev–Trinajstić information content (AvgIpc) is 2.69. The number of thioether (sulfide) groups is 1. The number of hydrogen-bond donors (Lipinski definition) is 1. The van der Waals surface area contributed by atoms with Gasteiger partial charge in [-0.3, -0.25) is 14.4 Å². The van der Waals surface area contributed by atoms with Crippen molar-refractivity contribution in [2.45, 2.75) is 37.5 Å². The number of carbonyl (C=O) groups excluding carboxylic acids is 2. The number of fused-ring (bicyclic) bond motifs is 1. The number of rotatable bonds is 3. The standard InChI is InChI=1S/C21H23N3O4S/c1-13-3-4-17-14(9-13)16(25)11-21(28-17)5-7-24(8-6-21)20(27)15-10-19(26)23-18(22-15)12-29-2/h3-4,9-10H,5-8,11-12H2,1-2H3,(H,22,23,26). The zero-order valence-corrected chi connectivity index (χ0v) is 17.3. The van der Waals surface area contributed by atoms with Gasteiger partial charge in [0.05, 0.1) is 17.7 Å². The molecule has 1 saturated heterocycles. The molecule has 1 amide bonds. The number of hydrogen-bond acceptors (Lipinski definition) is 6. The van der Waals surface area contributed by atoms with Gasteiger partial charge in [0, 0.05) is 32.0 Å². The van der Waals surface area contributed by atoms with Crippen LogP contribution in [0, 0.1) is 6.92 Å². The predicted octanol–water partition coefficient (Wildman–Crippen LogP) is 2.58. The number of H-pyrrole nitrogens is 1. The fourth-order valence-corrected chi connectivity index (χ4v) is 4.40. The number of ether oxygens (including phenoxy) is 1. The van der Waals surface area contributed by atoms with E-state index in [2.05, 4.69) is 9.97 Å². The van der Waals surface area contributed by atoms with Crippen LogP contribution >= 0.6 is 11.8 Å². The highest BCUT2D eigenvalue weighted by molar-refractivity contribution is 7.97. The number of aromatic nitrogens is 2. The summed E-state index contributed by atoms with van der Waals surface area (Å²) >= 11 is 1.52. The van der Waals surface area contributed by atoms with Gasteiger partial charge in [-0.1, -0.05) is 11.6 Å². The Bertz CT molecular complexity index is 1020. The minimum absolute atomic E-state index is 0.0905. The fraction of sp³-hybridized carbons (Fsp3) is 0.429. The van der Waals surface area contributed by atoms with Crippen molar-refractivity contribution in [1.82, 2.24) is 14.9 Å². The fourth-order valence-electron chi connectivity index (χ4n) is 3.99. The van der Waals surface area contributed by atoms with Gasteiger partial charge in [0.2, 0.25) is 0 Å². The highest BCUT2D eigenvalue weighted by Crippen LogP contribution is 2.39. The Morgan fingerprint density at radius 3 is 2.76 bits per heavy atom. The average molecular weight is 413 g/mol. The molecule has 7 nitrogen and oxygen atoms in total. The third kappa shape index (κ3) is 3.94. The van der Waals surface area contributed by atoms with Crippen LogP contribution in [-0.2, 0) is 5.75 Å². The first-order chi connectivity index (χ1) is 13.9. The molecule has 29 heavy (non-hydrogen) atoms.